The third-order valence-corrected chi connectivity index (χ3v) is 6.44. The third kappa shape index (κ3) is 2.74. The van der Waals surface area contributed by atoms with Gasteiger partial charge in [0, 0.05) is 26.7 Å². The number of hydrogen-bond acceptors (Lipinski definition) is 4. The van der Waals surface area contributed by atoms with Crippen molar-refractivity contribution in [3.63, 3.8) is 0 Å². The summed E-state index contributed by atoms with van der Waals surface area (Å²) in [6.07, 6.45) is 0. The number of aryl methyl sites for hydroxylation is 2. The summed E-state index contributed by atoms with van der Waals surface area (Å²) < 4.78 is 0. The smallest absolute Gasteiger partial charge is 0.257 e. The van der Waals surface area contributed by atoms with E-state index in [1.807, 2.05) is 55.9 Å². The summed E-state index contributed by atoms with van der Waals surface area (Å²) in [4.78, 5) is 19.6. The zero-order valence-electron chi connectivity index (χ0n) is 13.4. The maximum Gasteiger partial charge on any atom is 0.257 e. The summed E-state index contributed by atoms with van der Waals surface area (Å²) in [5, 5.41) is 3.62. The minimum absolute atomic E-state index is 0.106. The number of carbonyl (C=O) groups is 1. The van der Waals surface area contributed by atoms with Gasteiger partial charge in [-0.25, -0.2) is 4.98 Å². The zero-order chi connectivity index (χ0) is 16.7. The number of nitrogens with one attached hydrogen (secondary N) is 1. The van der Waals surface area contributed by atoms with Crippen molar-refractivity contribution in [3.05, 3.63) is 64.0 Å². The van der Waals surface area contributed by atoms with E-state index < -0.39 is 0 Å². The molecule has 5 heteroatoms. The van der Waals surface area contributed by atoms with Gasteiger partial charge >= 0.3 is 0 Å². The van der Waals surface area contributed by atoms with Crippen LogP contribution in [0.1, 0.15) is 26.4 Å². The van der Waals surface area contributed by atoms with Gasteiger partial charge in [-0.15, -0.1) is 23.1 Å². The topological polar surface area (TPSA) is 42.0 Å². The van der Waals surface area contributed by atoms with Crippen molar-refractivity contribution in [2.75, 3.05) is 5.32 Å². The Hall–Kier alpha value is -2.11. The minimum atomic E-state index is -0.106. The van der Waals surface area contributed by atoms with E-state index in [4.69, 9.17) is 0 Å². The highest BCUT2D eigenvalue weighted by atomic mass is 32.2. The molecule has 0 bridgehead atoms. The number of anilines is 1. The quantitative estimate of drug-likeness (QED) is 0.682. The predicted octanol–water partition coefficient (Wildman–Crippen LogP) is 5.28. The molecule has 0 saturated heterocycles. The normalized spacial score (nSPS) is 12.4. The van der Waals surface area contributed by atoms with Crippen molar-refractivity contribution >= 4 is 34.1 Å². The number of amides is 1. The van der Waals surface area contributed by atoms with E-state index in [1.54, 1.807) is 11.3 Å². The van der Waals surface area contributed by atoms with Crippen molar-refractivity contribution < 1.29 is 4.79 Å². The average Bonchev–Trinajstić information content (AvgIpc) is 3.00. The number of rotatable bonds is 2. The van der Waals surface area contributed by atoms with Gasteiger partial charge in [0.15, 0.2) is 5.13 Å². The van der Waals surface area contributed by atoms with E-state index in [1.165, 1.54) is 15.3 Å². The van der Waals surface area contributed by atoms with E-state index in [0.717, 1.165) is 22.6 Å². The lowest BCUT2D eigenvalue weighted by Gasteiger charge is -2.13. The fourth-order valence-electron chi connectivity index (χ4n) is 2.70. The maximum atomic E-state index is 12.5. The fourth-order valence-corrected chi connectivity index (χ4v) is 4.79. The van der Waals surface area contributed by atoms with Crippen molar-refractivity contribution in [2.24, 2.45) is 0 Å². The molecule has 1 amide bonds. The van der Waals surface area contributed by atoms with E-state index in [2.05, 4.69) is 22.4 Å². The van der Waals surface area contributed by atoms with Crippen LogP contribution in [0, 0.1) is 13.8 Å². The summed E-state index contributed by atoms with van der Waals surface area (Å²) in [6.45, 7) is 4.06. The lowest BCUT2D eigenvalue weighted by atomic mass is 10.1. The molecular weight excluding hydrogens is 336 g/mol. The SMILES string of the molecule is Cc1ccc(C(=O)Nc2nc3c(s2)CSc2ccccc2-3)cc1C. The van der Waals surface area contributed by atoms with Gasteiger partial charge in [0.2, 0.25) is 0 Å². The Labute approximate surface area is 149 Å². The highest BCUT2D eigenvalue weighted by Gasteiger charge is 2.21. The lowest BCUT2D eigenvalue weighted by molar-refractivity contribution is 0.102. The molecular formula is C19H16N2OS2. The summed E-state index contributed by atoms with van der Waals surface area (Å²) in [6, 6.07) is 14.0. The summed E-state index contributed by atoms with van der Waals surface area (Å²) in [7, 11) is 0. The molecule has 0 atom stereocenters. The minimum Gasteiger partial charge on any atom is -0.298 e. The molecule has 1 N–H and O–H groups in total. The average molecular weight is 352 g/mol. The maximum absolute atomic E-state index is 12.5. The molecule has 24 heavy (non-hydrogen) atoms. The van der Waals surface area contributed by atoms with Crippen LogP contribution >= 0.6 is 23.1 Å². The van der Waals surface area contributed by atoms with E-state index >= 15 is 0 Å². The number of carbonyl (C=O) groups excluding carboxylic acids is 1. The monoisotopic (exact) mass is 352 g/mol. The molecule has 3 aromatic rings. The standard InChI is InChI=1S/C19H16N2OS2/c1-11-7-8-13(9-12(11)2)18(22)21-19-20-17-14-5-3-4-6-15(14)23-10-16(17)24-19/h3-9H,10H2,1-2H3,(H,20,21,22). The first-order chi connectivity index (χ1) is 11.6. The molecule has 4 rings (SSSR count). The van der Waals surface area contributed by atoms with Crippen molar-refractivity contribution in [1.29, 1.82) is 0 Å². The van der Waals surface area contributed by atoms with E-state index in [0.29, 0.717) is 10.7 Å². The molecule has 0 saturated carbocycles. The largest absolute Gasteiger partial charge is 0.298 e. The Morgan fingerprint density at radius 1 is 1.12 bits per heavy atom. The Kier molecular flexibility index (Phi) is 3.90. The summed E-state index contributed by atoms with van der Waals surface area (Å²) in [5.74, 6) is 0.800. The highest BCUT2D eigenvalue weighted by molar-refractivity contribution is 7.98. The highest BCUT2D eigenvalue weighted by Crippen LogP contribution is 2.44. The molecule has 0 aliphatic carbocycles. The van der Waals surface area contributed by atoms with Gasteiger partial charge < -0.3 is 0 Å². The first-order valence-corrected chi connectivity index (χ1v) is 9.52. The Morgan fingerprint density at radius 2 is 1.96 bits per heavy atom. The second kappa shape index (κ2) is 6.07. The number of hydrogen-bond donors (Lipinski definition) is 1. The fraction of sp³-hybridized carbons (Fsp3) is 0.158. The Balaban J connectivity index is 1.62. The first kappa shape index (κ1) is 15.4. The molecule has 1 aromatic heterocycles. The zero-order valence-corrected chi connectivity index (χ0v) is 15.1. The van der Waals surface area contributed by atoms with Crippen LogP contribution in [0.15, 0.2) is 47.4 Å². The van der Waals surface area contributed by atoms with E-state index in [9.17, 15) is 4.79 Å². The second-order valence-corrected chi connectivity index (χ2v) is 7.93. The summed E-state index contributed by atoms with van der Waals surface area (Å²) >= 11 is 3.39. The van der Waals surface area contributed by atoms with Crippen molar-refractivity contribution in [2.45, 2.75) is 24.5 Å². The summed E-state index contributed by atoms with van der Waals surface area (Å²) in [5.41, 5.74) is 5.13. The molecule has 0 spiro atoms. The molecule has 0 unspecified atom stereocenters. The number of aromatic nitrogens is 1. The van der Waals surface area contributed by atoms with Crippen LogP contribution in [0.2, 0.25) is 0 Å². The number of fused-ring (bicyclic) bond motifs is 3. The predicted molar refractivity (Wildman–Crippen MR) is 101 cm³/mol. The first-order valence-electron chi connectivity index (χ1n) is 7.72. The van der Waals surface area contributed by atoms with Crippen LogP contribution in [0.3, 0.4) is 0 Å². The van der Waals surface area contributed by atoms with Gasteiger partial charge in [-0.1, -0.05) is 24.3 Å². The number of thiazole rings is 1. The molecule has 2 heterocycles. The number of benzene rings is 2. The van der Waals surface area contributed by atoms with Gasteiger partial charge in [-0.05, 0) is 43.2 Å². The van der Waals surface area contributed by atoms with Gasteiger partial charge in [0.05, 0.1) is 5.69 Å². The van der Waals surface area contributed by atoms with Crippen LogP contribution in [0.5, 0.6) is 0 Å². The van der Waals surface area contributed by atoms with Crippen LogP contribution in [-0.2, 0) is 5.75 Å². The Morgan fingerprint density at radius 3 is 2.79 bits per heavy atom. The molecule has 0 radical (unpaired) electrons. The molecule has 120 valence electrons. The molecule has 2 aromatic carbocycles. The number of nitrogens with zero attached hydrogens (tertiary/aromatic N) is 1. The van der Waals surface area contributed by atoms with Gasteiger partial charge in [-0.2, -0.15) is 0 Å². The van der Waals surface area contributed by atoms with Crippen molar-refractivity contribution in [1.82, 2.24) is 4.98 Å². The molecule has 1 aliphatic heterocycles. The molecule has 1 aliphatic rings. The molecule has 0 fully saturated rings. The van der Waals surface area contributed by atoms with Gasteiger partial charge in [-0.3, -0.25) is 10.1 Å². The van der Waals surface area contributed by atoms with Crippen molar-refractivity contribution in [3.8, 4) is 11.3 Å². The van der Waals surface area contributed by atoms with E-state index in [-0.39, 0.29) is 5.91 Å². The van der Waals surface area contributed by atoms with Gasteiger partial charge in [0.1, 0.15) is 0 Å². The Bertz CT molecular complexity index is 946. The second-order valence-electron chi connectivity index (χ2n) is 5.83. The van der Waals surface area contributed by atoms with Gasteiger partial charge in [0.25, 0.3) is 5.91 Å². The lowest BCUT2D eigenvalue weighted by Crippen LogP contribution is -2.12. The van der Waals surface area contributed by atoms with Crippen LogP contribution < -0.4 is 5.32 Å². The van der Waals surface area contributed by atoms with Crippen LogP contribution in [-0.4, -0.2) is 10.9 Å². The van der Waals surface area contributed by atoms with Crippen LogP contribution in [0.25, 0.3) is 11.3 Å². The van der Waals surface area contributed by atoms with Crippen LogP contribution in [0.4, 0.5) is 5.13 Å². The number of thioether (sulfide) groups is 1. The molecule has 3 nitrogen and oxygen atoms in total. The third-order valence-electron chi connectivity index (χ3n) is 4.19.